The summed E-state index contributed by atoms with van der Waals surface area (Å²) in [7, 11) is 0. The standard InChI is InChI=1S/C13H12F4O2/c1-2-9(11(18)19)8-12(14,15)13(16,17)10-6-4-3-5-7-10/h3-8H,2H2,1H3,(H,18,19). The number of carbonyl (C=O) groups is 1. The van der Waals surface area contributed by atoms with Crippen LogP contribution in [0.4, 0.5) is 17.6 Å². The zero-order chi connectivity index (χ0) is 14.7. The first kappa shape index (κ1) is 15.2. The maximum Gasteiger partial charge on any atom is 0.339 e. The minimum absolute atomic E-state index is 0.178. The fourth-order valence-electron chi connectivity index (χ4n) is 1.46. The monoisotopic (exact) mass is 276 g/mol. The number of benzene rings is 1. The van der Waals surface area contributed by atoms with Crippen LogP contribution in [0.2, 0.25) is 0 Å². The average Bonchev–Trinajstić information content (AvgIpc) is 2.36. The van der Waals surface area contributed by atoms with Crippen LogP contribution in [0.15, 0.2) is 42.0 Å². The van der Waals surface area contributed by atoms with Crippen LogP contribution in [-0.4, -0.2) is 17.0 Å². The summed E-state index contributed by atoms with van der Waals surface area (Å²) in [6.45, 7) is 1.30. The number of rotatable bonds is 5. The molecule has 0 atom stereocenters. The average molecular weight is 276 g/mol. The van der Waals surface area contributed by atoms with Gasteiger partial charge in [0.05, 0.1) is 0 Å². The van der Waals surface area contributed by atoms with Crippen molar-refractivity contribution >= 4 is 5.97 Å². The van der Waals surface area contributed by atoms with Crippen molar-refractivity contribution in [2.45, 2.75) is 25.2 Å². The molecular formula is C13H12F4O2. The molecule has 0 spiro atoms. The van der Waals surface area contributed by atoms with Gasteiger partial charge in [-0.15, -0.1) is 0 Å². The number of carboxylic acids is 1. The summed E-state index contributed by atoms with van der Waals surface area (Å²) in [6.07, 6.45) is -0.446. The third kappa shape index (κ3) is 3.13. The molecule has 1 N–H and O–H groups in total. The van der Waals surface area contributed by atoms with Gasteiger partial charge in [-0.2, -0.15) is 17.6 Å². The van der Waals surface area contributed by atoms with Gasteiger partial charge < -0.3 is 5.11 Å². The minimum Gasteiger partial charge on any atom is -0.478 e. The molecule has 6 heteroatoms. The van der Waals surface area contributed by atoms with Crippen molar-refractivity contribution in [1.29, 1.82) is 0 Å². The Morgan fingerprint density at radius 2 is 1.74 bits per heavy atom. The van der Waals surface area contributed by atoms with Gasteiger partial charge >= 0.3 is 17.8 Å². The van der Waals surface area contributed by atoms with E-state index in [1.165, 1.54) is 25.1 Å². The van der Waals surface area contributed by atoms with Crippen molar-refractivity contribution < 1.29 is 27.5 Å². The fourth-order valence-corrected chi connectivity index (χ4v) is 1.46. The third-order valence-electron chi connectivity index (χ3n) is 2.57. The zero-order valence-corrected chi connectivity index (χ0v) is 10.0. The van der Waals surface area contributed by atoms with Gasteiger partial charge in [-0.25, -0.2) is 4.79 Å². The number of allylic oxidation sites excluding steroid dienone is 1. The van der Waals surface area contributed by atoms with Gasteiger partial charge in [0.2, 0.25) is 0 Å². The van der Waals surface area contributed by atoms with Crippen molar-refractivity contribution in [2.24, 2.45) is 0 Å². The number of hydrogen-bond donors (Lipinski definition) is 1. The Balaban J connectivity index is 3.22. The molecule has 0 heterocycles. The molecule has 0 amide bonds. The number of hydrogen-bond acceptors (Lipinski definition) is 1. The molecule has 19 heavy (non-hydrogen) atoms. The van der Waals surface area contributed by atoms with E-state index in [0.717, 1.165) is 12.1 Å². The van der Waals surface area contributed by atoms with Crippen LogP contribution in [0.3, 0.4) is 0 Å². The summed E-state index contributed by atoms with van der Waals surface area (Å²) in [4.78, 5) is 10.6. The molecule has 104 valence electrons. The molecule has 2 nitrogen and oxygen atoms in total. The summed E-state index contributed by atoms with van der Waals surface area (Å²) in [5.74, 6) is -10.7. The van der Waals surface area contributed by atoms with Gasteiger partial charge in [0.1, 0.15) is 0 Å². The largest absolute Gasteiger partial charge is 0.478 e. The maximum atomic E-state index is 13.7. The van der Waals surface area contributed by atoms with Crippen molar-refractivity contribution in [3.8, 4) is 0 Å². The lowest BCUT2D eigenvalue weighted by atomic mass is 9.99. The Morgan fingerprint density at radius 1 is 1.21 bits per heavy atom. The lowest BCUT2D eigenvalue weighted by molar-refractivity contribution is -0.187. The molecule has 0 aromatic heterocycles. The Kier molecular flexibility index (Phi) is 4.34. The summed E-state index contributed by atoms with van der Waals surface area (Å²) in [5, 5.41) is 8.63. The highest BCUT2D eigenvalue weighted by Gasteiger charge is 2.56. The minimum atomic E-state index is -4.57. The van der Waals surface area contributed by atoms with Crippen molar-refractivity contribution in [2.75, 3.05) is 0 Å². The molecule has 0 aliphatic heterocycles. The number of halogens is 4. The fraction of sp³-hybridized carbons (Fsp3) is 0.308. The van der Waals surface area contributed by atoms with Gasteiger partial charge in [-0.05, 0) is 6.42 Å². The lowest BCUT2D eigenvalue weighted by Crippen LogP contribution is -2.36. The molecular weight excluding hydrogens is 264 g/mol. The summed E-state index contributed by atoms with van der Waals surface area (Å²) >= 11 is 0. The number of aliphatic carboxylic acids is 1. The SMILES string of the molecule is CCC(=CC(F)(F)C(F)(F)c1ccccc1)C(=O)O. The molecule has 0 radical (unpaired) electrons. The van der Waals surface area contributed by atoms with E-state index in [0.29, 0.717) is 0 Å². The normalized spacial score (nSPS) is 13.4. The van der Waals surface area contributed by atoms with Gasteiger partial charge in [-0.3, -0.25) is 0 Å². The van der Waals surface area contributed by atoms with Crippen LogP contribution < -0.4 is 0 Å². The van der Waals surface area contributed by atoms with Crippen molar-refractivity contribution in [1.82, 2.24) is 0 Å². The Bertz CT molecular complexity index is 481. The van der Waals surface area contributed by atoms with E-state index in [9.17, 15) is 22.4 Å². The molecule has 0 aliphatic rings. The van der Waals surface area contributed by atoms with Crippen LogP contribution in [0.5, 0.6) is 0 Å². The van der Waals surface area contributed by atoms with E-state index < -0.39 is 29.0 Å². The van der Waals surface area contributed by atoms with Gasteiger partial charge in [-0.1, -0.05) is 37.3 Å². The second-order valence-corrected chi connectivity index (χ2v) is 3.89. The van der Waals surface area contributed by atoms with E-state index in [-0.39, 0.29) is 12.5 Å². The van der Waals surface area contributed by atoms with Crippen LogP contribution in [0.1, 0.15) is 18.9 Å². The number of carboxylic acid groups (broad SMARTS) is 1. The first-order valence-electron chi connectivity index (χ1n) is 5.48. The highest BCUT2D eigenvalue weighted by molar-refractivity contribution is 5.86. The smallest absolute Gasteiger partial charge is 0.339 e. The van der Waals surface area contributed by atoms with E-state index in [1.807, 2.05) is 0 Å². The van der Waals surface area contributed by atoms with E-state index in [1.54, 1.807) is 0 Å². The highest BCUT2D eigenvalue weighted by atomic mass is 19.3. The zero-order valence-electron chi connectivity index (χ0n) is 10.0. The predicted octanol–water partition coefficient (Wildman–Crippen LogP) is 3.83. The quantitative estimate of drug-likeness (QED) is 0.655. The van der Waals surface area contributed by atoms with Crippen LogP contribution in [0, 0.1) is 0 Å². The van der Waals surface area contributed by atoms with Crippen molar-refractivity contribution in [3.05, 3.63) is 47.5 Å². The Labute approximate surface area is 107 Å². The topological polar surface area (TPSA) is 37.3 Å². The molecule has 1 rings (SSSR count). The molecule has 0 saturated heterocycles. The molecule has 1 aromatic rings. The second kappa shape index (κ2) is 5.42. The van der Waals surface area contributed by atoms with Crippen LogP contribution in [-0.2, 0) is 10.7 Å². The molecule has 1 aromatic carbocycles. The predicted molar refractivity (Wildman–Crippen MR) is 61.3 cm³/mol. The lowest BCUT2D eigenvalue weighted by Gasteiger charge is -2.24. The molecule has 0 fully saturated rings. The van der Waals surface area contributed by atoms with Crippen LogP contribution in [0.25, 0.3) is 0 Å². The first-order chi connectivity index (χ1) is 8.72. The Morgan fingerprint density at radius 3 is 2.16 bits per heavy atom. The summed E-state index contributed by atoms with van der Waals surface area (Å²) < 4.78 is 54.6. The molecule has 0 saturated carbocycles. The first-order valence-corrected chi connectivity index (χ1v) is 5.48. The second-order valence-electron chi connectivity index (χ2n) is 3.89. The number of alkyl halides is 4. The Hall–Kier alpha value is -1.85. The molecule has 0 aliphatic carbocycles. The molecule has 0 bridgehead atoms. The summed E-state index contributed by atoms with van der Waals surface area (Å²) in [5.41, 5.74) is -1.61. The van der Waals surface area contributed by atoms with E-state index in [2.05, 4.69) is 0 Å². The molecule has 0 unspecified atom stereocenters. The highest BCUT2D eigenvalue weighted by Crippen LogP contribution is 2.44. The summed E-state index contributed by atoms with van der Waals surface area (Å²) in [6, 6.07) is 5.58. The van der Waals surface area contributed by atoms with Gasteiger partial charge in [0.25, 0.3) is 0 Å². The van der Waals surface area contributed by atoms with Gasteiger partial charge in [0.15, 0.2) is 0 Å². The van der Waals surface area contributed by atoms with E-state index in [4.69, 9.17) is 5.11 Å². The van der Waals surface area contributed by atoms with Gasteiger partial charge in [0, 0.05) is 17.2 Å². The van der Waals surface area contributed by atoms with Crippen molar-refractivity contribution in [3.63, 3.8) is 0 Å². The third-order valence-corrected chi connectivity index (χ3v) is 2.57. The van der Waals surface area contributed by atoms with E-state index >= 15 is 0 Å². The van der Waals surface area contributed by atoms with Crippen LogP contribution >= 0.6 is 0 Å². The maximum absolute atomic E-state index is 13.7.